The van der Waals surface area contributed by atoms with Gasteiger partial charge in [-0.2, -0.15) is 0 Å². The first-order chi connectivity index (χ1) is 28.7. The summed E-state index contributed by atoms with van der Waals surface area (Å²) < 4.78 is 31.8. The summed E-state index contributed by atoms with van der Waals surface area (Å²) in [6.07, 6.45) is -0.392. The van der Waals surface area contributed by atoms with Crippen LogP contribution in [0.4, 0.5) is 62.9 Å². The molecular weight excluding hydrogens is 780 g/mol. The van der Waals surface area contributed by atoms with Gasteiger partial charge in [0, 0.05) is 34.1 Å². The summed E-state index contributed by atoms with van der Waals surface area (Å²) in [5.74, 6) is 0. The van der Waals surface area contributed by atoms with Crippen molar-refractivity contribution in [3.63, 3.8) is 0 Å². The maximum Gasteiger partial charge on any atom is 0.411 e. The van der Waals surface area contributed by atoms with E-state index in [2.05, 4.69) is 51.6 Å². The normalized spacial score (nSPS) is 10.4. The highest BCUT2D eigenvalue weighted by Crippen LogP contribution is 2.29. The molecule has 0 saturated carbocycles. The predicted octanol–water partition coefficient (Wildman–Crippen LogP) is 9.26. The van der Waals surface area contributed by atoms with Gasteiger partial charge in [-0.25, -0.2) is 28.8 Å². The van der Waals surface area contributed by atoms with Gasteiger partial charge in [0.2, 0.25) is 0 Å². The number of anilines is 6. The maximum atomic E-state index is 13.2. The van der Waals surface area contributed by atoms with E-state index in [1.807, 2.05) is 0 Å². The Hall–Kier alpha value is -7.50. The number of ether oxygens (including phenoxy) is 6. The number of benzene rings is 3. The minimum Gasteiger partial charge on any atom is -0.448 e. The molecule has 0 aromatic heterocycles. The van der Waals surface area contributed by atoms with Gasteiger partial charge in [-0.15, -0.1) is 0 Å². The SMILES string of the molecule is C=CCOC(=O)Nc1cccc(NC(=O)OCC(CC)(COC(=O)Nc2cccc(NC(=O)OCC=C)c2C)COC(=O)Nc2cccc(NC(=O)OCC=C)c2C)c1C. The topological polar surface area (TPSA) is 230 Å². The van der Waals surface area contributed by atoms with Crippen LogP contribution in [-0.2, 0) is 28.4 Å². The predicted molar refractivity (Wildman–Crippen MR) is 227 cm³/mol. The summed E-state index contributed by atoms with van der Waals surface area (Å²) in [5, 5.41) is 15.7. The number of nitrogens with one attached hydrogen (secondary N) is 6. The van der Waals surface area contributed by atoms with Crippen molar-refractivity contribution in [1.82, 2.24) is 0 Å². The van der Waals surface area contributed by atoms with Gasteiger partial charge in [-0.3, -0.25) is 31.9 Å². The molecule has 0 heterocycles. The Bertz CT molecular complexity index is 1830. The third-order valence-corrected chi connectivity index (χ3v) is 8.70. The molecule has 0 saturated heterocycles. The molecular formula is C42H50N6O12. The second kappa shape index (κ2) is 23.7. The Labute approximate surface area is 347 Å². The molecule has 0 fully saturated rings. The number of amides is 6. The zero-order valence-corrected chi connectivity index (χ0v) is 33.9. The van der Waals surface area contributed by atoms with Crippen molar-refractivity contribution in [3.05, 3.63) is 109 Å². The van der Waals surface area contributed by atoms with Crippen LogP contribution in [0.3, 0.4) is 0 Å². The fourth-order valence-electron chi connectivity index (χ4n) is 5.09. The van der Waals surface area contributed by atoms with Crippen LogP contribution in [-0.4, -0.2) is 76.2 Å². The summed E-state index contributed by atoms with van der Waals surface area (Å²) >= 11 is 0. The molecule has 0 aliphatic rings. The monoisotopic (exact) mass is 830 g/mol. The number of hydrogen-bond donors (Lipinski definition) is 6. The first kappa shape index (κ1) is 46.9. The first-order valence-electron chi connectivity index (χ1n) is 18.5. The lowest BCUT2D eigenvalue weighted by atomic mass is 9.88. The van der Waals surface area contributed by atoms with Gasteiger partial charge in [-0.05, 0) is 80.3 Å². The van der Waals surface area contributed by atoms with Gasteiger partial charge in [0.1, 0.15) is 39.6 Å². The molecule has 3 aromatic rings. The van der Waals surface area contributed by atoms with E-state index in [-0.39, 0.29) is 26.2 Å². The van der Waals surface area contributed by atoms with Crippen molar-refractivity contribution in [1.29, 1.82) is 0 Å². The highest BCUT2D eigenvalue weighted by Gasteiger charge is 2.35. The van der Waals surface area contributed by atoms with E-state index in [0.29, 0.717) is 50.8 Å². The lowest BCUT2D eigenvalue weighted by Crippen LogP contribution is -2.40. The van der Waals surface area contributed by atoms with Crippen molar-refractivity contribution in [2.24, 2.45) is 5.41 Å². The molecule has 0 spiro atoms. The maximum absolute atomic E-state index is 13.2. The number of carbonyl (C=O) groups is 6. The molecule has 0 bridgehead atoms. The standard InChI is InChI=1S/C42H50N6O12/c1-8-21-55-36(49)43-30-15-12-18-33(27(30)5)46-39(52)58-24-42(11-4,25-59-40(53)47-34-19-13-16-31(28(34)6)44-37(50)56-22-9-2)26-60-41(54)48-35-20-14-17-32(29(35)7)45-38(51)57-23-10-3/h8-10,12-20H,1-3,11,21-26H2,4-7H3,(H,43,49)(H,44,50)(H,45,51)(H,46,52)(H,47,53)(H,48,54). The lowest BCUT2D eigenvalue weighted by Gasteiger charge is -2.31. The van der Waals surface area contributed by atoms with Crippen molar-refractivity contribution >= 4 is 70.7 Å². The quantitative estimate of drug-likeness (QED) is 0.0490. The second-order valence-electron chi connectivity index (χ2n) is 12.9. The molecule has 0 unspecified atom stereocenters. The molecule has 6 amide bonds. The molecule has 6 N–H and O–H groups in total. The molecule has 0 aliphatic heterocycles. The molecule has 0 atom stereocenters. The van der Waals surface area contributed by atoms with E-state index >= 15 is 0 Å². The van der Waals surface area contributed by atoms with Gasteiger partial charge in [0.25, 0.3) is 0 Å². The highest BCUT2D eigenvalue weighted by molar-refractivity contribution is 5.93. The Morgan fingerprint density at radius 2 is 0.667 bits per heavy atom. The molecule has 18 heteroatoms. The Morgan fingerprint density at radius 3 is 0.867 bits per heavy atom. The van der Waals surface area contributed by atoms with Crippen molar-refractivity contribution in [2.45, 2.75) is 34.1 Å². The zero-order chi connectivity index (χ0) is 44.1. The highest BCUT2D eigenvalue weighted by atomic mass is 16.6. The third-order valence-electron chi connectivity index (χ3n) is 8.70. The van der Waals surface area contributed by atoms with Crippen molar-refractivity contribution in [2.75, 3.05) is 71.5 Å². The molecule has 3 aromatic carbocycles. The number of carbonyl (C=O) groups excluding carboxylic acids is 6. The van der Waals surface area contributed by atoms with Gasteiger partial charge in [0.05, 0.1) is 5.41 Å². The van der Waals surface area contributed by atoms with Crippen LogP contribution in [0.1, 0.15) is 30.0 Å². The minimum absolute atomic E-state index is 0.00307. The van der Waals surface area contributed by atoms with Crippen LogP contribution in [0.25, 0.3) is 0 Å². The van der Waals surface area contributed by atoms with E-state index in [4.69, 9.17) is 28.4 Å². The molecule has 0 radical (unpaired) electrons. The molecule has 18 nitrogen and oxygen atoms in total. The summed E-state index contributed by atoms with van der Waals surface area (Å²) in [7, 11) is 0. The van der Waals surface area contributed by atoms with Crippen LogP contribution >= 0.6 is 0 Å². The fraction of sp³-hybridized carbons (Fsp3) is 0.286. The van der Waals surface area contributed by atoms with Crippen molar-refractivity contribution in [3.8, 4) is 0 Å². The zero-order valence-electron chi connectivity index (χ0n) is 33.9. The average Bonchev–Trinajstić information content (AvgIpc) is 3.22. The summed E-state index contributed by atoms with van der Waals surface area (Å²) in [6.45, 7) is 16.1. The van der Waals surface area contributed by atoms with Gasteiger partial charge < -0.3 is 28.4 Å². The van der Waals surface area contributed by atoms with Gasteiger partial charge in [-0.1, -0.05) is 63.1 Å². The summed E-state index contributed by atoms with van der Waals surface area (Å²) in [4.78, 5) is 75.9. The average molecular weight is 831 g/mol. The number of rotatable bonds is 19. The van der Waals surface area contributed by atoms with Crippen LogP contribution in [0, 0.1) is 26.2 Å². The fourth-order valence-corrected chi connectivity index (χ4v) is 5.09. The Kier molecular flexibility index (Phi) is 18.5. The second-order valence-corrected chi connectivity index (χ2v) is 12.9. The Balaban J connectivity index is 1.77. The molecule has 60 heavy (non-hydrogen) atoms. The van der Waals surface area contributed by atoms with E-state index < -0.39 is 61.8 Å². The van der Waals surface area contributed by atoms with E-state index in [1.54, 1.807) is 82.3 Å². The van der Waals surface area contributed by atoms with Crippen LogP contribution in [0.5, 0.6) is 0 Å². The van der Waals surface area contributed by atoms with Crippen molar-refractivity contribution < 1.29 is 57.2 Å². The van der Waals surface area contributed by atoms with Crippen LogP contribution in [0.2, 0.25) is 0 Å². The van der Waals surface area contributed by atoms with E-state index in [0.717, 1.165) is 0 Å². The number of hydrogen-bond acceptors (Lipinski definition) is 12. The van der Waals surface area contributed by atoms with Crippen LogP contribution in [0.15, 0.2) is 92.6 Å². The van der Waals surface area contributed by atoms with Gasteiger partial charge >= 0.3 is 36.6 Å². The Morgan fingerprint density at radius 1 is 0.450 bits per heavy atom. The lowest BCUT2D eigenvalue weighted by molar-refractivity contribution is -0.0104. The van der Waals surface area contributed by atoms with E-state index in [9.17, 15) is 28.8 Å². The van der Waals surface area contributed by atoms with Crippen LogP contribution < -0.4 is 31.9 Å². The summed E-state index contributed by atoms with van der Waals surface area (Å²) in [6, 6.07) is 14.4. The molecule has 0 aliphatic carbocycles. The van der Waals surface area contributed by atoms with Gasteiger partial charge in [0.15, 0.2) is 0 Å². The smallest absolute Gasteiger partial charge is 0.411 e. The molecule has 3 rings (SSSR count). The third kappa shape index (κ3) is 14.8. The largest absolute Gasteiger partial charge is 0.448 e. The first-order valence-corrected chi connectivity index (χ1v) is 18.5. The summed E-state index contributed by atoms with van der Waals surface area (Å²) in [5.41, 5.74) is 2.28. The minimum atomic E-state index is -1.28. The molecule has 320 valence electrons. The van der Waals surface area contributed by atoms with E-state index in [1.165, 1.54) is 18.2 Å².